The van der Waals surface area contributed by atoms with E-state index in [1.54, 1.807) is 11.3 Å². The van der Waals surface area contributed by atoms with E-state index in [0.29, 0.717) is 18.4 Å². The van der Waals surface area contributed by atoms with Crippen molar-refractivity contribution in [2.75, 3.05) is 13.1 Å². The van der Waals surface area contributed by atoms with Crippen LogP contribution in [0.3, 0.4) is 0 Å². The van der Waals surface area contributed by atoms with E-state index in [9.17, 15) is 4.79 Å². The van der Waals surface area contributed by atoms with Crippen LogP contribution in [0.15, 0.2) is 15.9 Å². The average molecular weight is 382 g/mol. The predicted octanol–water partition coefficient (Wildman–Crippen LogP) is 3.37. The van der Waals surface area contributed by atoms with Gasteiger partial charge in [0.25, 0.3) is 0 Å². The van der Waals surface area contributed by atoms with Crippen molar-refractivity contribution < 1.29 is 4.79 Å². The number of hydrogen-bond donors (Lipinski definition) is 2. The molecule has 0 radical (unpaired) electrons. The largest absolute Gasteiger partial charge is 0.353 e. The lowest BCUT2D eigenvalue weighted by atomic mass is 9.95. The van der Waals surface area contributed by atoms with Crippen molar-refractivity contribution in [3.63, 3.8) is 0 Å². The zero-order chi connectivity index (χ0) is 13.7. The summed E-state index contributed by atoms with van der Waals surface area (Å²) in [6.45, 7) is 4.22. The molecule has 0 aromatic carbocycles. The highest BCUT2D eigenvalue weighted by atomic mass is 79.9. The summed E-state index contributed by atoms with van der Waals surface area (Å²) in [6.07, 6.45) is 3.60. The molecular formula is C14H22BrClN2OS. The Hall–Kier alpha value is -0.100. The molecule has 0 aliphatic carbocycles. The van der Waals surface area contributed by atoms with Crippen molar-refractivity contribution in [1.82, 2.24) is 10.6 Å². The molecule has 2 rings (SSSR count). The smallest absolute Gasteiger partial charge is 0.220 e. The van der Waals surface area contributed by atoms with Crippen molar-refractivity contribution in [2.24, 2.45) is 5.92 Å². The second kappa shape index (κ2) is 9.03. The Kier molecular flexibility index (Phi) is 8.10. The minimum atomic E-state index is 0. The molecule has 3 nitrogen and oxygen atoms in total. The van der Waals surface area contributed by atoms with Crippen LogP contribution in [0, 0.1) is 5.92 Å². The third kappa shape index (κ3) is 5.72. The Morgan fingerprint density at radius 2 is 2.35 bits per heavy atom. The van der Waals surface area contributed by atoms with E-state index in [1.165, 1.54) is 4.88 Å². The molecule has 0 saturated carbocycles. The normalized spacial score (nSPS) is 22.1. The maximum Gasteiger partial charge on any atom is 0.220 e. The molecule has 2 unspecified atom stereocenters. The Morgan fingerprint density at radius 1 is 1.55 bits per heavy atom. The van der Waals surface area contributed by atoms with Crippen molar-refractivity contribution in [2.45, 2.75) is 38.6 Å². The zero-order valence-corrected chi connectivity index (χ0v) is 14.9. The first kappa shape index (κ1) is 18.0. The maximum absolute atomic E-state index is 11.9. The van der Waals surface area contributed by atoms with Crippen LogP contribution in [-0.4, -0.2) is 25.0 Å². The summed E-state index contributed by atoms with van der Waals surface area (Å²) in [4.78, 5) is 13.3. The van der Waals surface area contributed by atoms with E-state index in [2.05, 4.69) is 45.6 Å². The van der Waals surface area contributed by atoms with Gasteiger partial charge in [0.2, 0.25) is 5.91 Å². The second-order valence-corrected chi connectivity index (χ2v) is 7.75. The number of aryl methyl sites for hydroxylation is 1. The fourth-order valence-electron chi connectivity index (χ4n) is 2.42. The van der Waals surface area contributed by atoms with Crippen LogP contribution < -0.4 is 10.6 Å². The topological polar surface area (TPSA) is 41.1 Å². The van der Waals surface area contributed by atoms with Gasteiger partial charge in [-0.2, -0.15) is 0 Å². The zero-order valence-electron chi connectivity index (χ0n) is 11.7. The first-order chi connectivity index (χ1) is 9.15. The van der Waals surface area contributed by atoms with Crippen LogP contribution in [0.2, 0.25) is 0 Å². The van der Waals surface area contributed by atoms with Gasteiger partial charge in [-0.25, -0.2) is 0 Å². The van der Waals surface area contributed by atoms with Crippen molar-refractivity contribution in [3.05, 3.63) is 20.8 Å². The monoisotopic (exact) mass is 380 g/mol. The molecule has 0 bridgehead atoms. The van der Waals surface area contributed by atoms with Gasteiger partial charge < -0.3 is 10.6 Å². The number of thiophene rings is 1. The van der Waals surface area contributed by atoms with Gasteiger partial charge in [-0.05, 0) is 66.3 Å². The second-order valence-electron chi connectivity index (χ2n) is 5.20. The molecule has 1 aliphatic heterocycles. The number of rotatable bonds is 5. The van der Waals surface area contributed by atoms with Gasteiger partial charge in [0.05, 0.1) is 3.79 Å². The molecule has 2 heterocycles. The molecule has 1 fully saturated rings. The highest BCUT2D eigenvalue weighted by Gasteiger charge is 2.22. The molecule has 0 spiro atoms. The lowest BCUT2D eigenvalue weighted by Gasteiger charge is -2.30. The molecule has 6 heteroatoms. The number of nitrogens with one attached hydrogen (secondary N) is 2. The number of carbonyl (C=O) groups is 1. The number of halogens is 2. The van der Waals surface area contributed by atoms with E-state index in [4.69, 9.17) is 0 Å². The first-order valence-electron chi connectivity index (χ1n) is 6.89. The van der Waals surface area contributed by atoms with E-state index >= 15 is 0 Å². The predicted molar refractivity (Wildman–Crippen MR) is 90.8 cm³/mol. The van der Waals surface area contributed by atoms with Crippen molar-refractivity contribution in [3.8, 4) is 0 Å². The molecule has 1 saturated heterocycles. The molecule has 2 atom stereocenters. The molecule has 114 valence electrons. The summed E-state index contributed by atoms with van der Waals surface area (Å²) in [5.41, 5.74) is 0. The quantitative estimate of drug-likeness (QED) is 0.821. The third-order valence-corrected chi connectivity index (χ3v) is 5.27. The molecule has 20 heavy (non-hydrogen) atoms. The highest BCUT2D eigenvalue weighted by Crippen LogP contribution is 2.23. The van der Waals surface area contributed by atoms with Gasteiger partial charge in [0.1, 0.15) is 0 Å². The summed E-state index contributed by atoms with van der Waals surface area (Å²) in [6, 6.07) is 4.54. The summed E-state index contributed by atoms with van der Waals surface area (Å²) in [5.74, 6) is 0.736. The number of hydrogen-bond acceptors (Lipinski definition) is 3. The van der Waals surface area contributed by atoms with Crippen LogP contribution in [0.4, 0.5) is 0 Å². The summed E-state index contributed by atoms with van der Waals surface area (Å²) >= 11 is 5.21. The lowest BCUT2D eigenvalue weighted by Crippen LogP contribution is -2.48. The standard InChI is InChI=1S/C14H21BrN2OS.ClH/c1-10-9-16-8-7-12(10)17-14(18)4-2-3-11-5-6-13(15)19-11;/h5-6,10,12,16H,2-4,7-9H2,1H3,(H,17,18);1H. The van der Waals surface area contributed by atoms with Gasteiger partial charge >= 0.3 is 0 Å². The van der Waals surface area contributed by atoms with E-state index in [1.807, 2.05) is 0 Å². The fourth-order valence-corrected chi connectivity index (χ4v) is 3.94. The summed E-state index contributed by atoms with van der Waals surface area (Å²) in [7, 11) is 0. The highest BCUT2D eigenvalue weighted by molar-refractivity contribution is 9.11. The van der Waals surface area contributed by atoms with Crippen LogP contribution in [-0.2, 0) is 11.2 Å². The van der Waals surface area contributed by atoms with Gasteiger partial charge in [0, 0.05) is 17.3 Å². The molecule has 1 amide bonds. The molecule has 1 aromatic heterocycles. The number of amides is 1. The van der Waals surface area contributed by atoms with Gasteiger partial charge in [0.15, 0.2) is 0 Å². The van der Waals surface area contributed by atoms with Crippen molar-refractivity contribution >= 4 is 45.6 Å². The van der Waals surface area contributed by atoms with Crippen molar-refractivity contribution in [1.29, 1.82) is 0 Å². The minimum Gasteiger partial charge on any atom is -0.353 e. The number of piperidine rings is 1. The Balaban J connectivity index is 0.00000200. The van der Waals surface area contributed by atoms with Crippen LogP contribution >= 0.6 is 39.7 Å². The van der Waals surface area contributed by atoms with Crippen LogP contribution in [0.1, 0.15) is 31.1 Å². The maximum atomic E-state index is 11.9. The van der Waals surface area contributed by atoms with Crippen LogP contribution in [0.5, 0.6) is 0 Å². The molecular weight excluding hydrogens is 360 g/mol. The Morgan fingerprint density at radius 3 is 3.00 bits per heavy atom. The lowest BCUT2D eigenvalue weighted by molar-refractivity contribution is -0.122. The molecule has 1 aromatic rings. The fraction of sp³-hybridized carbons (Fsp3) is 0.643. The average Bonchev–Trinajstić information content (AvgIpc) is 2.78. The van der Waals surface area contributed by atoms with Gasteiger partial charge in [-0.15, -0.1) is 23.7 Å². The van der Waals surface area contributed by atoms with Crippen LogP contribution in [0.25, 0.3) is 0 Å². The van der Waals surface area contributed by atoms with E-state index < -0.39 is 0 Å². The summed E-state index contributed by atoms with van der Waals surface area (Å²) in [5, 5.41) is 6.53. The number of carbonyl (C=O) groups excluding carboxylic acids is 1. The van der Waals surface area contributed by atoms with E-state index in [0.717, 1.165) is 36.1 Å². The third-order valence-electron chi connectivity index (χ3n) is 3.59. The summed E-state index contributed by atoms with van der Waals surface area (Å²) < 4.78 is 1.16. The van der Waals surface area contributed by atoms with Gasteiger partial charge in [-0.3, -0.25) is 4.79 Å². The van der Waals surface area contributed by atoms with E-state index in [-0.39, 0.29) is 18.3 Å². The minimum absolute atomic E-state index is 0. The first-order valence-corrected chi connectivity index (χ1v) is 8.50. The Bertz CT molecular complexity index is 427. The molecule has 1 aliphatic rings. The Labute approximate surface area is 139 Å². The molecule has 2 N–H and O–H groups in total. The SMILES string of the molecule is CC1CNCCC1NC(=O)CCCc1ccc(Br)s1.Cl. The van der Waals surface area contributed by atoms with Gasteiger partial charge in [-0.1, -0.05) is 6.92 Å².